The molecule has 0 radical (unpaired) electrons. The zero-order chi connectivity index (χ0) is 13.9. The standard InChI is InChI=1S/C15H17N3O2/c19-15(20)11-6-3-4-10(11)8-16-14-9-17-18-13-7-2-1-5-12(13)14/h1-2,5,7,9-11H,3-4,6,8H2,(H,16,18)(H,19,20). The van der Waals surface area contributed by atoms with Crippen LogP contribution in [0.25, 0.3) is 10.9 Å². The van der Waals surface area contributed by atoms with Gasteiger partial charge in [-0.1, -0.05) is 24.6 Å². The van der Waals surface area contributed by atoms with E-state index in [9.17, 15) is 9.90 Å². The zero-order valence-electron chi connectivity index (χ0n) is 11.1. The highest BCUT2D eigenvalue weighted by Gasteiger charge is 2.32. The third-order valence-corrected chi connectivity index (χ3v) is 4.08. The van der Waals surface area contributed by atoms with Gasteiger partial charge in [-0.05, 0) is 24.8 Å². The van der Waals surface area contributed by atoms with Gasteiger partial charge in [0.05, 0.1) is 23.3 Å². The molecule has 0 spiro atoms. The topological polar surface area (TPSA) is 75.1 Å². The van der Waals surface area contributed by atoms with E-state index in [1.165, 1.54) is 0 Å². The first kappa shape index (κ1) is 12.8. The summed E-state index contributed by atoms with van der Waals surface area (Å²) in [5.41, 5.74) is 1.77. The SMILES string of the molecule is O=C(O)C1CCCC1CNc1cnnc2ccccc12. The number of fused-ring (bicyclic) bond motifs is 1. The Balaban J connectivity index is 1.76. The number of carboxylic acids is 1. The summed E-state index contributed by atoms with van der Waals surface area (Å²) in [6, 6.07) is 7.81. The maximum atomic E-state index is 11.2. The van der Waals surface area contributed by atoms with E-state index in [1.54, 1.807) is 6.20 Å². The maximum Gasteiger partial charge on any atom is 0.306 e. The van der Waals surface area contributed by atoms with E-state index in [0.29, 0.717) is 6.54 Å². The fourth-order valence-corrected chi connectivity index (χ4v) is 3.00. The van der Waals surface area contributed by atoms with Crippen LogP contribution in [0.1, 0.15) is 19.3 Å². The molecule has 2 aromatic rings. The number of aromatic nitrogens is 2. The van der Waals surface area contributed by atoms with E-state index >= 15 is 0 Å². The largest absolute Gasteiger partial charge is 0.481 e. The van der Waals surface area contributed by atoms with Crippen molar-refractivity contribution in [1.29, 1.82) is 0 Å². The van der Waals surface area contributed by atoms with Crippen molar-refractivity contribution in [2.75, 3.05) is 11.9 Å². The number of carboxylic acid groups (broad SMARTS) is 1. The van der Waals surface area contributed by atoms with Crippen LogP contribution < -0.4 is 5.32 Å². The van der Waals surface area contributed by atoms with Crippen LogP contribution in [0.5, 0.6) is 0 Å². The zero-order valence-corrected chi connectivity index (χ0v) is 11.1. The first-order valence-corrected chi connectivity index (χ1v) is 6.93. The van der Waals surface area contributed by atoms with Gasteiger partial charge in [-0.2, -0.15) is 10.2 Å². The van der Waals surface area contributed by atoms with Crippen molar-refractivity contribution in [2.45, 2.75) is 19.3 Å². The quantitative estimate of drug-likeness (QED) is 0.893. The van der Waals surface area contributed by atoms with E-state index in [-0.39, 0.29) is 11.8 Å². The Labute approximate surface area is 117 Å². The number of carbonyl (C=O) groups is 1. The Bertz CT molecular complexity index is 624. The van der Waals surface area contributed by atoms with Crippen LogP contribution >= 0.6 is 0 Å². The highest BCUT2D eigenvalue weighted by Crippen LogP contribution is 2.32. The van der Waals surface area contributed by atoms with Gasteiger partial charge in [-0.15, -0.1) is 0 Å². The summed E-state index contributed by atoms with van der Waals surface area (Å²) in [7, 11) is 0. The van der Waals surface area contributed by atoms with Crippen LogP contribution in [0.4, 0.5) is 5.69 Å². The highest BCUT2D eigenvalue weighted by molar-refractivity contribution is 5.90. The molecular weight excluding hydrogens is 254 g/mol. The van der Waals surface area contributed by atoms with Gasteiger partial charge in [-0.25, -0.2) is 0 Å². The van der Waals surface area contributed by atoms with Crippen LogP contribution in [0.3, 0.4) is 0 Å². The fraction of sp³-hybridized carbons (Fsp3) is 0.400. The van der Waals surface area contributed by atoms with Gasteiger partial charge in [0, 0.05) is 11.9 Å². The smallest absolute Gasteiger partial charge is 0.306 e. The normalized spacial score (nSPS) is 22.0. The lowest BCUT2D eigenvalue weighted by atomic mass is 9.96. The average molecular weight is 271 g/mol. The number of benzene rings is 1. The van der Waals surface area contributed by atoms with Gasteiger partial charge in [0.1, 0.15) is 0 Å². The molecule has 1 fully saturated rings. The molecule has 20 heavy (non-hydrogen) atoms. The lowest BCUT2D eigenvalue weighted by Crippen LogP contribution is -2.24. The Kier molecular flexibility index (Phi) is 3.50. The minimum atomic E-state index is -0.674. The lowest BCUT2D eigenvalue weighted by molar-refractivity contribution is -0.142. The predicted octanol–water partition coefficient (Wildman–Crippen LogP) is 2.54. The molecule has 2 unspecified atom stereocenters. The number of hydrogen-bond donors (Lipinski definition) is 2. The number of rotatable bonds is 4. The van der Waals surface area contributed by atoms with Crippen molar-refractivity contribution in [3.63, 3.8) is 0 Å². The second-order valence-electron chi connectivity index (χ2n) is 5.29. The summed E-state index contributed by atoms with van der Waals surface area (Å²) in [6.45, 7) is 0.673. The van der Waals surface area contributed by atoms with Gasteiger partial charge in [0.2, 0.25) is 0 Å². The van der Waals surface area contributed by atoms with Crippen LogP contribution in [0.15, 0.2) is 30.5 Å². The third kappa shape index (κ3) is 2.43. The van der Waals surface area contributed by atoms with Crippen molar-refractivity contribution in [2.24, 2.45) is 11.8 Å². The Morgan fingerprint density at radius 2 is 2.20 bits per heavy atom. The molecule has 3 rings (SSSR count). The Hall–Kier alpha value is -2.17. The molecule has 1 aliphatic carbocycles. The summed E-state index contributed by atoms with van der Waals surface area (Å²) >= 11 is 0. The summed E-state index contributed by atoms with van der Waals surface area (Å²) in [6.07, 6.45) is 4.46. The molecule has 0 bridgehead atoms. The van der Waals surface area contributed by atoms with Crippen molar-refractivity contribution < 1.29 is 9.90 Å². The van der Waals surface area contributed by atoms with E-state index in [4.69, 9.17) is 0 Å². The molecule has 5 nitrogen and oxygen atoms in total. The second kappa shape index (κ2) is 5.45. The van der Waals surface area contributed by atoms with Gasteiger partial charge in [0.15, 0.2) is 0 Å². The van der Waals surface area contributed by atoms with E-state index in [1.807, 2.05) is 24.3 Å². The highest BCUT2D eigenvalue weighted by atomic mass is 16.4. The van der Waals surface area contributed by atoms with E-state index in [0.717, 1.165) is 35.9 Å². The first-order valence-electron chi connectivity index (χ1n) is 6.93. The summed E-state index contributed by atoms with van der Waals surface area (Å²) in [5.74, 6) is -0.699. The van der Waals surface area contributed by atoms with Crippen molar-refractivity contribution in [3.05, 3.63) is 30.5 Å². The van der Waals surface area contributed by atoms with Gasteiger partial charge >= 0.3 is 5.97 Å². The monoisotopic (exact) mass is 271 g/mol. The average Bonchev–Trinajstić information content (AvgIpc) is 2.93. The molecule has 104 valence electrons. The maximum absolute atomic E-state index is 11.2. The molecule has 2 atom stereocenters. The van der Waals surface area contributed by atoms with Crippen molar-refractivity contribution >= 4 is 22.6 Å². The summed E-state index contributed by atoms with van der Waals surface area (Å²) in [4.78, 5) is 11.2. The number of hydrogen-bond acceptors (Lipinski definition) is 4. The van der Waals surface area contributed by atoms with Crippen molar-refractivity contribution in [1.82, 2.24) is 10.2 Å². The predicted molar refractivity (Wildman–Crippen MR) is 76.5 cm³/mol. The molecule has 1 heterocycles. The minimum absolute atomic E-state index is 0.194. The molecule has 1 aromatic carbocycles. The lowest BCUT2D eigenvalue weighted by Gasteiger charge is -2.17. The van der Waals surface area contributed by atoms with Gasteiger partial charge in [-0.3, -0.25) is 4.79 Å². The molecule has 0 aliphatic heterocycles. The molecule has 1 saturated carbocycles. The molecule has 0 amide bonds. The molecule has 1 aromatic heterocycles. The molecular formula is C15H17N3O2. The molecule has 1 aliphatic rings. The Morgan fingerprint density at radius 3 is 3.05 bits per heavy atom. The molecule has 2 N–H and O–H groups in total. The summed E-state index contributed by atoms with van der Waals surface area (Å²) < 4.78 is 0. The second-order valence-corrected chi connectivity index (χ2v) is 5.29. The van der Waals surface area contributed by atoms with Gasteiger partial charge in [0.25, 0.3) is 0 Å². The van der Waals surface area contributed by atoms with E-state index < -0.39 is 5.97 Å². The Morgan fingerprint density at radius 1 is 1.35 bits per heavy atom. The number of anilines is 1. The van der Waals surface area contributed by atoms with Crippen LogP contribution in [0.2, 0.25) is 0 Å². The molecule has 0 saturated heterocycles. The number of aliphatic carboxylic acids is 1. The number of nitrogens with one attached hydrogen (secondary N) is 1. The minimum Gasteiger partial charge on any atom is -0.481 e. The van der Waals surface area contributed by atoms with Crippen LogP contribution in [-0.2, 0) is 4.79 Å². The van der Waals surface area contributed by atoms with E-state index in [2.05, 4.69) is 15.5 Å². The number of nitrogens with zero attached hydrogens (tertiary/aromatic N) is 2. The summed E-state index contributed by atoms with van der Waals surface area (Å²) in [5, 5.41) is 21.6. The van der Waals surface area contributed by atoms with Crippen molar-refractivity contribution in [3.8, 4) is 0 Å². The van der Waals surface area contributed by atoms with Crippen LogP contribution in [-0.4, -0.2) is 27.8 Å². The first-order chi connectivity index (χ1) is 9.75. The van der Waals surface area contributed by atoms with Crippen LogP contribution in [0, 0.1) is 11.8 Å². The van der Waals surface area contributed by atoms with Gasteiger partial charge < -0.3 is 10.4 Å². The third-order valence-electron chi connectivity index (χ3n) is 4.08. The fourth-order valence-electron chi connectivity index (χ4n) is 3.00. The molecule has 5 heteroatoms.